The van der Waals surface area contributed by atoms with Crippen LogP contribution in [0.3, 0.4) is 0 Å². The molecule has 2 aromatic rings. The summed E-state index contributed by atoms with van der Waals surface area (Å²) in [6, 6.07) is 10.7. The first-order valence-electron chi connectivity index (χ1n) is 6.11. The predicted molar refractivity (Wildman–Crippen MR) is 75.0 cm³/mol. The number of aryl methyl sites for hydroxylation is 1. The third-order valence-electron chi connectivity index (χ3n) is 2.81. The van der Waals surface area contributed by atoms with Gasteiger partial charge in [0.2, 0.25) is 0 Å². The lowest BCUT2D eigenvalue weighted by Gasteiger charge is -2.09. The highest BCUT2D eigenvalue weighted by Crippen LogP contribution is 2.21. The number of benzene rings is 1. The lowest BCUT2D eigenvalue weighted by atomic mass is 10.3. The minimum Gasteiger partial charge on any atom is -0.464 e. The van der Waals surface area contributed by atoms with Crippen molar-refractivity contribution >= 4 is 15.5 Å². The molecule has 5 heteroatoms. The van der Waals surface area contributed by atoms with Crippen LogP contribution in [0.4, 0.5) is 5.69 Å². The van der Waals surface area contributed by atoms with Crippen LogP contribution in [-0.2, 0) is 22.8 Å². The number of anilines is 1. The topological polar surface area (TPSA) is 59.3 Å². The average molecular weight is 279 g/mol. The summed E-state index contributed by atoms with van der Waals surface area (Å²) in [5.74, 6) is 1.72. The fraction of sp³-hybridized carbons (Fsp3) is 0.286. The van der Waals surface area contributed by atoms with Gasteiger partial charge in [0.1, 0.15) is 11.5 Å². The van der Waals surface area contributed by atoms with Gasteiger partial charge in [-0.25, -0.2) is 8.42 Å². The Bertz CT molecular complexity index is 659. The molecule has 0 unspecified atom stereocenters. The summed E-state index contributed by atoms with van der Waals surface area (Å²) in [5.41, 5.74) is 0.597. The smallest absolute Gasteiger partial charge is 0.177 e. The van der Waals surface area contributed by atoms with Gasteiger partial charge in [0, 0.05) is 12.7 Å². The second-order valence-corrected chi connectivity index (χ2v) is 6.33. The van der Waals surface area contributed by atoms with Gasteiger partial charge in [-0.3, -0.25) is 0 Å². The van der Waals surface area contributed by atoms with E-state index in [1.807, 2.05) is 19.1 Å². The van der Waals surface area contributed by atoms with E-state index >= 15 is 0 Å². The van der Waals surface area contributed by atoms with E-state index in [4.69, 9.17) is 4.42 Å². The van der Waals surface area contributed by atoms with Gasteiger partial charge in [0.15, 0.2) is 9.84 Å². The normalized spacial score (nSPS) is 11.5. The summed E-state index contributed by atoms with van der Waals surface area (Å²) in [4.78, 5) is 0.303. The van der Waals surface area contributed by atoms with Gasteiger partial charge < -0.3 is 9.73 Å². The van der Waals surface area contributed by atoms with Gasteiger partial charge in [-0.15, -0.1) is 0 Å². The zero-order chi connectivity index (χ0) is 13.9. The fourth-order valence-corrected chi connectivity index (χ4v) is 2.69. The van der Waals surface area contributed by atoms with E-state index < -0.39 is 9.84 Å². The SMILES string of the molecule is CCc1ccc(CNc2ccccc2S(C)(=O)=O)o1. The quantitative estimate of drug-likeness (QED) is 0.914. The third-order valence-corrected chi connectivity index (χ3v) is 3.96. The lowest BCUT2D eigenvalue weighted by molar-refractivity contribution is 0.476. The van der Waals surface area contributed by atoms with Gasteiger partial charge in [-0.05, 0) is 24.3 Å². The van der Waals surface area contributed by atoms with Crippen molar-refractivity contribution in [3.8, 4) is 0 Å². The maximum absolute atomic E-state index is 11.7. The number of hydrogen-bond donors (Lipinski definition) is 1. The largest absolute Gasteiger partial charge is 0.464 e. The first kappa shape index (κ1) is 13.7. The number of para-hydroxylation sites is 1. The summed E-state index contributed by atoms with van der Waals surface area (Å²) >= 11 is 0. The molecule has 0 amide bonds. The van der Waals surface area contributed by atoms with Crippen LogP contribution in [0, 0.1) is 0 Å². The highest BCUT2D eigenvalue weighted by atomic mass is 32.2. The molecule has 1 N–H and O–H groups in total. The zero-order valence-corrected chi connectivity index (χ0v) is 11.8. The van der Waals surface area contributed by atoms with Gasteiger partial charge >= 0.3 is 0 Å². The Morgan fingerprint density at radius 3 is 2.42 bits per heavy atom. The van der Waals surface area contributed by atoms with Crippen molar-refractivity contribution in [2.45, 2.75) is 24.8 Å². The monoisotopic (exact) mass is 279 g/mol. The van der Waals surface area contributed by atoms with Gasteiger partial charge in [-0.1, -0.05) is 19.1 Å². The molecule has 0 aliphatic heterocycles. The molecule has 19 heavy (non-hydrogen) atoms. The van der Waals surface area contributed by atoms with Gasteiger partial charge in [-0.2, -0.15) is 0 Å². The standard InChI is InChI=1S/C14H17NO3S/c1-3-11-8-9-12(18-11)10-15-13-6-4-5-7-14(13)19(2,16)17/h4-9,15H,3,10H2,1-2H3. The number of sulfone groups is 1. The Balaban J connectivity index is 2.16. The summed E-state index contributed by atoms with van der Waals surface area (Å²) in [6.45, 7) is 2.49. The molecule has 0 aliphatic carbocycles. The van der Waals surface area contributed by atoms with Crippen LogP contribution in [0.1, 0.15) is 18.4 Å². The molecule has 2 rings (SSSR count). The van der Waals surface area contributed by atoms with Crippen molar-refractivity contribution in [3.63, 3.8) is 0 Å². The highest BCUT2D eigenvalue weighted by molar-refractivity contribution is 7.90. The minimum atomic E-state index is -3.23. The maximum Gasteiger partial charge on any atom is 0.177 e. The molecule has 1 aromatic carbocycles. The molecule has 0 spiro atoms. The Kier molecular flexibility index (Phi) is 3.95. The van der Waals surface area contributed by atoms with E-state index in [9.17, 15) is 8.42 Å². The molecule has 1 heterocycles. The maximum atomic E-state index is 11.7. The molecular formula is C14H17NO3S. The molecule has 0 atom stereocenters. The van der Waals surface area contributed by atoms with E-state index in [1.54, 1.807) is 24.3 Å². The Hall–Kier alpha value is -1.75. The van der Waals surface area contributed by atoms with Gasteiger partial charge in [0.05, 0.1) is 17.1 Å². The van der Waals surface area contributed by atoms with Crippen molar-refractivity contribution in [2.24, 2.45) is 0 Å². The van der Waals surface area contributed by atoms with E-state index in [1.165, 1.54) is 6.26 Å². The molecule has 0 saturated heterocycles. The number of hydrogen-bond acceptors (Lipinski definition) is 4. The number of furan rings is 1. The Morgan fingerprint density at radius 2 is 1.79 bits per heavy atom. The molecule has 0 aliphatic rings. The van der Waals surface area contributed by atoms with Crippen molar-refractivity contribution in [2.75, 3.05) is 11.6 Å². The fourth-order valence-electron chi connectivity index (χ4n) is 1.83. The molecule has 1 aromatic heterocycles. The predicted octanol–water partition coefficient (Wildman–Crippen LogP) is 2.86. The summed E-state index contributed by atoms with van der Waals surface area (Å²) in [6.07, 6.45) is 2.05. The van der Waals surface area contributed by atoms with Gasteiger partial charge in [0.25, 0.3) is 0 Å². The number of nitrogens with one attached hydrogen (secondary N) is 1. The summed E-state index contributed by atoms with van der Waals surface area (Å²) in [7, 11) is -3.23. The van der Waals surface area contributed by atoms with Crippen molar-refractivity contribution < 1.29 is 12.8 Å². The van der Waals surface area contributed by atoms with E-state index in [0.717, 1.165) is 17.9 Å². The Morgan fingerprint density at radius 1 is 1.11 bits per heavy atom. The third kappa shape index (κ3) is 3.38. The van der Waals surface area contributed by atoms with Crippen LogP contribution in [0.25, 0.3) is 0 Å². The molecule has 0 radical (unpaired) electrons. The first-order chi connectivity index (χ1) is 9.00. The molecular weight excluding hydrogens is 262 g/mol. The van der Waals surface area contributed by atoms with Crippen LogP contribution < -0.4 is 5.32 Å². The molecule has 102 valence electrons. The van der Waals surface area contributed by atoms with Crippen molar-refractivity contribution in [3.05, 3.63) is 47.9 Å². The Labute approximate surface area is 113 Å². The first-order valence-corrected chi connectivity index (χ1v) is 8.00. The summed E-state index contributed by atoms with van der Waals surface area (Å²) < 4.78 is 28.9. The second kappa shape index (κ2) is 5.48. The number of rotatable bonds is 5. The van der Waals surface area contributed by atoms with Crippen molar-refractivity contribution in [1.29, 1.82) is 0 Å². The minimum absolute atomic E-state index is 0.303. The van der Waals surface area contributed by atoms with Crippen molar-refractivity contribution in [1.82, 2.24) is 0 Å². The van der Waals surface area contributed by atoms with E-state index in [2.05, 4.69) is 5.32 Å². The van der Waals surface area contributed by atoms with Crippen LogP contribution in [0.5, 0.6) is 0 Å². The van der Waals surface area contributed by atoms with Crippen LogP contribution in [-0.4, -0.2) is 14.7 Å². The molecule has 0 fully saturated rings. The second-order valence-electron chi connectivity index (χ2n) is 4.34. The van der Waals surface area contributed by atoms with Crippen LogP contribution >= 0.6 is 0 Å². The highest BCUT2D eigenvalue weighted by Gasteiger charge is 2.12. The molecule has 0 saturated carbocycles. The molecule has 0 bridgehead atoms. The summed E-state index contributed by atoms with van der Waals surface area (Å²) in [5, 5.41) is 3.10. The average Bonchev–Trinajstić information content (AvgIpc) is 2.83. The van der Waals surface area contributed by atoms with Crippen LogP contribution in [0.2, 0.25) is 0 Å². The lowest BCUT2D eigenvalue weighted by Crippen LogP contribution is -2.05. The van der Waals surface area contributed by atoms with Crippen LogP contribution in [0.15, 0.2) is 45.7 Å². The zero-order valence-electron chi connectivity index (χ0n) is 11.0. The van der Waals surface area contributed by atoms with E-state index in [0.29, 0.717) is 17.1 Å². The molecule has 4 nitrogen and oxygen atoms in total. The van der Waals surface area contributed by atoms with E-state index in [-0.39, 0.29) is 0 Å².